The SMILES string of the molecule is CCNC(=NCCOc1cccnc1)NC1CC2CCC(C1)N2C(=O)OC(C)(C)C. The summed E-state index contributed by atoms with van der Waals surface area (Å²) >= 11 is 0. The van der Waals surface area contributed by atoms with Gasteiger partial charge in [0.1, 0.15) is 18.0 Å². The van der Waals surface area contributed by atoms with Gasteiger partial charge in [-0.15, -0.1) is 0 Å². The number of piperidine rings is 1. The summed E-state index contributed by atoms with van der Waals surface area (Å²) in [5.74, 6) is 1.54. The second-order valence-electron chi connectivity index (χ2n) is 8.88. The van der Waals surface area contributed by atoms with E-state index in [9.17, 15) is 4.79 Å². The van der Waals surface area contributed by atoms with Crippen molar-refractivity contribution >= 4 is 12.1 Å². The minimum atomic E-state index is -0.464. The van der Waals surface area contributed by atoms with Gasteiger partial charge in [-0.05, 0) is 65.5 Å². The van der Waals surface area contributed by atoms with Crippen LogP contribution in [0.4, 0.5) is 4.79 Å². The molecule has 2 aliphatic heterocycles. The fourth-order valence-electron chi connectivity index (χ4n) is 4.17. The molecule has 166 valence electrons. The topological polar surface area (TPSA) is 88.1 Å². The monoisotopic (exact) mass is 417 g/mol. The van der Waals surface area contributed by atoms with E-state index in [1.54, 1.807) is 12.4 Å². The third kappa shape index (κ3) is 6.24. The summed E-state index contributed by atoms with van der Waals surface area (Å²) < 4.78 is 11.3. The number of pyridine rings is 1. The van der Waals surface area contributed by atoms with Gasteiger partial charge in [0, 0.05) is 30.9 Å². The third-order valence-electron chi connectivity index (χ3n) is 5.29. The molecular formula is C22H35N5O3. The maximum Gasteiger partial charge on any atom is 0.410 e. The van der Waals surface area contributed by atoms with Gasteiger partial charge in [0.05, 0.1) is 12.7 Å². The summed E-state index contributed by atoms with van der Waals surface area (Å²) in [6.07, 6.45) is 7.13. The Kier molecular flexibility index (Phi) is 7.39. The first-order valence-corrected chi connectivity index (χ1v) is 10.9. The number of amides is 1. The lowest BCUT2D eigenvalue weighted by Crippen LogP contribution is -2.55. The number of nitrogens with zero attached hydrogens (tertiary/aromatic N) is 3. The molecule has 2 atom stereocenters. The van der Waals surface area contributed by atoms with E-state index in [1.165, 1.54) is 0 Å². The Morgan fingerprint density at radius 1 is 1.30 bits per heavy atom. The van der Waals surface area contributed by atoms with E-state index in [4.69, 9.17) is 9.47 Å². The van der Waals surface area contributed by atoms with Gasteiger partial charge in [-0.1, -0.05) is 0 Å². The number of ether oxygens (including phenoxy) is 2. The van der Waals surface area contributed by atoms with Crippen LogP contribution in [-0.2, 0) is 4.74 Å². The first kappa shape index (κ1) is 22.2. The molecular weight excluding hydrogens is 382 g/mol. The van der Waals surface area contributed by atoms with Gasteiger partial charge in [0.2, 0.25) is 0 Å². The molecule has 0 radical (unpaired) electrons. The number of aromatic nitrogens is 1. The average Bonchev–Trinajstić information content (AvgIpc) is 2.96. The lowest BCUT2D eigenvalue weighted by atomic mass is 9.98. The molecule has 1 aromatic rings. The molecule has 8 heteroatoms. The van der Waals surface area contributed by atoms with Crippen molar-refractivity contribution < 1.29 is 14.3 Å². The summed E-state index contributed by atoms with van der Waals surface area (Å²) in [5.41, 5.74) is -0.464. The molecule has 2 fully saturated rings. The molecule has 3 heterocycles. The van der Waals surface area contributed by atoms with Gasteiger partial charge in [-0.2, -0.15) is 0 Å². The summed E-state index contributed by atoms with van der Waals surface area (Å²) in [4.78, 5) is 23.3. The summed E-state index contributed by atoms with van der Waals surface area (Å²) in [6.45, 7) is 9.63. The maximum atomic E-state index is 12.6. The van der Waals surface area contributed by atoms with Crippen LogP contribution >= 0.6 is 0 Å². The van der Waals surface area contributed by atoms with E-state index in [1.807, 2.05) is 37.8 Å². The van der Waals surface area contributed by atoms with E-state index < -0.39 is 5.60 Å². The van der Waals surface area contributed by atoms with Crippen LogP contribution in [0.5, 0.6) is 5.75 Å². The molecule has 2 aliphatic rings. The third-order valence-corrected chi connectivity index (χ3v) is 5.29. The van der Waals surface area contributed by atoms with E-state index in [-0.39, 0.29) is 18.2 Å². The highest BCUT2D eigenvalue weighted by Gasteiger charge is 2.45. The highest BCUT2D eigenvalue weighted by atomic mass is 16.6. The summed E-state index contributed by atoms with van der Waals surface area (Å²) in [7, 11) is 0. The van der Waals surface area contributed by atoms with Gasteiger partial charge in [-0.25, -0.2) is 9.79 Å². The zero-order valence-electron chi connectivity index (χ0n) is 18.6. The van der Waals surface area contributed by atoms with Gasteiger partial charge < -0.3 is 25.0 Å². The van der Waals surface area contributed by atoms with E-state index in [0.29, 0.717) is 19.2 Å². The molecule has 1 aromatic heterocycles. The van der Waals surface area contributed by atoms with E-state index in [0.717, 1.165) is 43.9 Å². The Bertz CT molecular complexity index is 705. The number of carbonyl (C=O) groups excluding carboxylic acids is 1. The van der Waals surface area contributed by atoms with Crippen LogP contribution in [0.2, 0.25) is 0 Å². The smallest absolute Gasteiger partial charge is 0.410 e. The van der Waals surface area contributed by atoms with Crippen LogP contribution in [0, 0.1) is 0 Å². The summed E-state index contributed by atoms with van der Waals surface area (Å²) in [5, 5.41) is 6.87. The maximum absolute atomic E-state index is 12.6. The van der Waals surface area contributed by atoms with Crippen LogP contribution in [0.1, 0.15) is 53.4 Å². The molecule has 0 spiro atoms. The first-order chi connectivity index (χ1) is 14.4. The quantitative estimate of drug-likeness (QED) is 0.420. The highest BCUT2D eigenvalue weighted by molar-refractivity contribution is 5.80. The van der Waals surface area contributed by atoms with Crippen molar-refractivity contribution in [2.24, 2.45) is 4.99 Å². The highest BCUT2D eigenvalue weighted by Crippen LogP contribution is 2.36. The lowest BCUT2D eigenvalue weighted by Gasteiger charge is -2.40. The summed E-state index contributed by atoms with van der Waals surface area (Å²) in [6, 6.07) is 4.48. The Labute approximate surface area is 179 Å². The first-order valence-electron chi connectivity index (χ1n) is 10.9. The average molecular weight is 418 g/mol. The van der Waals surface area contributed by atoms with Crippen molar-refractivity contribution in [1.29, 1.82) is 0 Å². The van der Waals surface area contributed by atoms with Gasteiger partial charge in [0.25, 0.3) is 0 Å². The number of fused-ring (bicyclic) bond motifs is 2. The number of carbonyl (C=O) groups is 1. The largest absolute Gasteiger partial charge is 0.490 e. The molecule has 1 amide bonds. The normalized spacial score (nSPS) is 23.8. The predicted molar refractivity (Wildman–Crippen MR) is 117 cm³/mol. The van der Waals surface area contributed by atoms with Gasteiger partial charge >= 0.3 is 6.09 Å². The van der Waals surface area contributed by atoms with Crippen molar-refractivity contribution in [3.05, 3.63) is 24.5 Å². The molecule has 2 unspecified atom stereocenters. The molecule has 0 saturated carbocycles. The lowest BCUT2D eigenvalue weighted by molar-refractivity contribution is 0.00545. The Morgan fingerprint density at radius 3 is 2.63 bits per heavy atom. The Balaban J connectivity index is 1.51. The van der Waals surface area contributed by atoms with Crippen molar-refractivity contribution in [2.75, 3.05) is 19.7 Å². The second kappa shape index (κ2) is 10.00. The van der Waals surface area contributed by atoms with E-state index in [2.05, 4.69) is 27.5 Å². The Hall–Kier alpha value is -2.51. The molecule has 0 aromatic carbocycles. The molecule has 2 N–H and O–H groups in total. The van der Waals surface area contributed by atoms with Gasteiger partial charge in [0.15, 0.2) is 5.96 Å². The van der Waals surface area contributed by atoms with E-state index >= 15 is 0 Å². The predicted octanol–water partition coefficient (Wildman–Crippen LogP) is 2.95. The van der Waals surface area contributed by atoms with Crippen molar-refractivity contribution in [2.45, 2.75) is 77.1 Å². The number of hydrogen-bond donors (Lipinski definition) is 2. The van der Waals surface area contributed by atoms with Crippen LogP contribution < -0.4 is 15.4 Å². The molecule has 30 heavy (non-hydrogen) atoms. The Morgan fingerprint density at radius 2 is 2.03 bits per heavy atom. The van der Waals surface area contributed by atoms with Crippen LogP contribution in [0.25, 0.3) is 0 Å². The molecule has 2 bridgehead atoms. The molecule has 0 aliphatic carbocycles. The molecule has 8 nitrogen and oxygen atoms in total. The number of nitrogens with one attached hydrogen (secondary N) is 2. The molecule has 2 saturated heterocycles. The zero-order chi connectivity index (χ0) is 21.6. The molecule has 3 rings (SSSR count). The minimum absolute atomic E-state index is 0.179. The number of rotatable bonds is 6. The van der Waals surface area contributed by atoms with Crippen molar-refractivity contribution in [3.8, 4) is 5.75 Å². The van der Waals surface area contributed by atoms with Gasteiger partial charge in [-0.3, -0.25) is 4.98 Å². The fourth-order valence-corrected chi connectivity index (χ4v) is 4.17. The fraction of sp³-hybridized carbons (Fsp3) is 0.682. The number of guanidine groups is 1. The number of aliphatic imine (C=N–C) groups is 1. The number of hydrogen-bond acceptors (Lipinski definition) is 5. The zero-order valence-corrected chi connectivity index (χ0v) is 18.6. The van der Waals surface area contributed by atoms with Crippen LogP contribution in [0.15, 0.2) is 29.5 Å². The van der Waals surface area contributed by atoms with Crippen LogP contribution in [0.3, 0.4) is 0 Å². The van der Waals surface area contributed by atoms with Crippen molar-refractivity contribution in [1.82, 2.24) is 20.5 Å². The second-order valence-corrected chi connectivity index (χ2v) is 8.88. The van der Waals surface area contributed by atoms with Crippen molar-refractivity contribution in [3.63, 3.8) is 0 Å². The standard InChI is InChI=1S/C22H35N5O3/c1-5-24-20(25-11-12-29-19-7-6-10-23-15-19)26-16-13-17-8-9-18(14-16)27(17)21(28)30-22(2,3)4/h6-7,10,15-18H,5,8-9,11-14H2,1-4H3,(H2,24,25,26). The minimum Gasteiger partial charge on any atom is -0.490 e. The van der Waals surface area contributed by atoms with Crippen LogP contribution in [-0.4, -0.2) is 65.4 Å².